The van der Waals surface area contributed by atoms with Gasteiger partial charge in [0.25, 0.3) is 0 Å². The monoisotopic (exact) mass is 410 g/mol. The number of ether oxygens (including phenoxy) is 1. The van der Waals surface area contributed by atoms with Crippen LogP contribution < -0.4 is 4.74 Å². The van der Waals surface area contributed by atoms with Crippen molar-refractivity contribution >= 4 is 31.9 Å². The van der Waals surface area contributed by atoms with Gasteiger partial charge in [0.2, 0.25) is 0 Å². The Labute approximate surface area is 144 Å². The van der Waals surface area contributed by atoms with Gasteiger partial charge >= 0.3 is 0 Å². The van der Waals surface area contributed by atoms with Gasteiger partial charge < -0.3 is 4.74 Å². The Bertz CT molecular complexity index is 627. The smallest absolute Gasteiger partial charge is 0.120 e. The van der Waals surface area contributed by atoms with E-state index in [4.69, 9.17) is 4.74 Å². The third-order valence-corrected chi connectivity index (χ3v) is 5.19. The van der Waals surface area contributed by atoms with Crippen molar-refractivity contribution < 1.29 is 4.74 Å². The summed E-state index contributed by atoms with van der Waals surface area (Å²) in [4.78, 5) is 0.170. The molecule has 1 nitrogen and oxygen atoms in total. The maximum absolute atomic E-state index is 5.55. The Morgan fingerprint density at radius 1 is 1.05 bits per heavy atom. The summed E-state index contributed by atoms with van der Waals surface area (Å²) >= 11 is 7.53. The molecule has 0 saturated carbocycles. The van der Waals surface area contributed by atoms with Crippen molar-refractivity contribution in [3.05, 3.63) is 62.6 Å². The number of benzene rings is 2. The van der Waals surface area contributed by atoms with E-state index in [0.717, 1.165) is 10.2 Å². The second-order valence-electron chi connectivity index (χ2n) is 5.29. The maximum atomic E-state index is 5.55. The van der Waals surface area contributed by atoms with E-state index in [-0.39, 0.29) is 4.83 Å². The molecule has 0 heterocycles. The minimum atomic E-state index is 0.170. The molecule has 1 atom stereocenters. The summed E-state index contributed by atoms with van der Waals surface area (Å²) in [6.45, 7) is 9.16. The second kappa shape index (κ2) is 6.97. The van der Waals surface area contributed by atoms with Crippen LogP contribution in [0.2, 0.25) is 0 Å². The summed E-state index contributed by atoms with van der Waals surface area (Å²) in [5.41, 5.74) is 6.49. The van der Waals surface area contributed by atoms with Crippen LogP contribution in [0.1, 0.15) is 39.6 Å². The van der Waals surface area contributed by atoms with Gasteiger partial charge in [0.1, 0.15) is 5.75 Å². The Kier molecular flexibility index (Phi) is 5.50. The van der Waals surface area contributed by atoms with Crippen molar-refractivity contribution in [2.24, 2.45) is 0 Å². The van der Waals surface area contributed by atoms with Crippen LogP contribution in [-0.4, -0.2) is 6.61 Å². The number of hydrogen-bond donors (Lipinski definition) is 0. The van der Waals surface area contributed by atoms with Crippen LogP contribution in [0.15, 0.2) is 34.8 Å². The van der Waals surface area contributed by atoms with E-state index < -0.39 is 0 Å². The van der Waals surface area contributed by atoms with Gasteiger partial charge in [0.05, 0.1) is 11.4 Å². The van der Waals surface area contributed by atoms with Gasteiger partial charge in [-0.2, -0.15) is 0 Å². The summed E-state index contributed by atoms with van der Waals surface area (Å²) in [5.74, 6) is 0.894. The van der Waals surface area contributed by atoms with Gasteiger partial charge in [-0.1, -0.05) is 55.6 Å². The van der Waals surface area contributed by atoms with E-state index in [1.807, 2.05) is 19.1 Å². The zero-order valence-electron chi connectivity index (χ0n) is 12.8. The average molecular weight is 412 g/mol. The predicted octanol–water partition coefficient (Wildman–Crippen LogP) is 6.26. The van der Waals surface area contributed by atoms with Crippen LogP contribution in [-0.2, 0) is 0 Å². The zero-order chi connectivity index (χ0) is 15.6. The maximum Gasteiger partial charge on any atom is 0.120 e. The molecule has 0 N–H and O–H groups in total. The van der Waals surface area contributed by atoms with Gasteiger partial charge in [-0.15, -0.1) is 0 Å². The van der Waals surface area contributed by atoms with Crippen LogP contribution in [0.25, 0.3) is 0 Å². The van der Waals surface area contributed by atoms with Crippen molar-refractivity contribution in [3.63, 3.8) is 0 Å². The summed E-state index contributed by atoms with van der Waals surface area (Å²) in [7, 11) is 0. The van der Waals surface area contributed by atoms with Gasteiger partial charge in [0.15, 0.2) is 0 Å². The average Bonchev–Trinajstić information content (AvgIpc) is 2.37. The van der Waals surface area contributed by atoms with Gasteiger partial charge in [-0.25, -0.2) is 0 Å². The molecule has 0 bridgehead atoms. The fourth-order valence-corrected chi connectivity index (χ4v) is 4.73. The third kappa shape index (κ3) is 3.70. The first-order chi connectivity index (χ1) is 9.93. The molecule has 0 spiro atoms. The van der Waals surface area contributed by atoms with E-state index in [1.165, 1.54) is 27.8 Å². The number of rotatable bonds is 4. The molecule has 0 aromatic heterocycles. The highest BCUT2D eigenvalue weighted by Crippen LogP contribution is 2.40. The van der Waals surface area contributed by atoms with E-state index in [2.05, 4.69) is 70.8 Å². The first-order valence-corrected chi connectivity index (χ1v) is 8.79. The second-order valence-corrected chi connectivity index (χ2v) is 7.06. The number of aryl methyl sites for hydroxylation is 3. The molecule has 112 valence electrons. The van der Waals surface area contributed by atoms with Crippen LogP contribution in [0.4, 0.5) is 0 Å². The van der Waals surface area contributed by atoms with E-state index in [1.54, 1.807) is 0 Å². The highest BCUT2D eigenvalue weighted by molar-refractivity contribution is 9.11. The molecule has 2 aromatic rings. The predicted molar refractivity (Wildman–Crippen MR) is 96.7 cm³/mol. The SMILES string of the molecule is CCOc1ccc(C(Br)c2c(C)cc(C)cc2C)c(Br)c1. The minimum Gasteiger partial charge on any atom is -0.494 e. The van der Waals surface area contributed by atoms with Crippen molar-refractivity contribution in [1.82, 2.24) is 0 Å². The Morgan fingerprint density at radius 3 is 2.19 bits per heavy atom. The number of halogens is 2. The summed E-state index contributed by atoms with van der Waals surface area (Å²) in [5, 5.41) is 0. The molecule has 1 unspecified atom stereocenters. The molecule has 21 heavy (non-hydrogen) atoms. The molecule has 0 aliphatic heterocycles. The van der Waals surface area contributed by atoms with Crippen LogP contribution in [0.3, 0.4) is 0 Å². The molecule has 0 radical (unpaired) electrons. The standard InChI is InChI=1S/C18H20Br2O/c1-5-21-14-6-7-15(16(19)10-14)18(20)17-12(3)8-11(2)9-13(17)4/h6-10,18H,5H2,1-4H3. The topological polar surface area (TPSA) is 9.23 Å². The van der Waals surface area contributed by atoms with Crippen molar-refractivity contribution in [3.8, 4) is 5.75 Å². The zero-order valence-corrected chi connectivity index (χ0v) is 16.0. The lowest BCUT2D eigenvalue weighted by atomic mass is 9.94. The minimum absolute atomic E-state index is 0.170. The lowest BCUT2D eigenvalue weighted by molar-refractivity contribution is 0.340. The molecule has 3 heteroatoms. The summed E-state index contributed by atoms with van der Waals surface area (Å²) < 4.78 is 6.61. The Morgan fingerprint density at radius 2 is 1.67 bits per heavy atom. The van der Waals surface area contributed by atoms with Gasteiger partial charge in [-0.3, -0.25) is 0 Å². The van der Waals surface area contributed by atoms with Gasteiger partial charge in [0, 0.05) is 4.47 Å². The highest BCUT2D eigenvalue weighted by Gasteiger charge is 2.18. The number of hydrogen-bond acceptors (Lipinski definition) is 1. The largest absolute Gasteiger partial charge is 0.494 e. The lowest BCUT2D eigenvalue weighted by Crippen LogP contribution is -2.01. The van der Waals surface area contributed by atoms with E-state index in [0.29, 0.717) is 6.61 Å². The fourth-order valence-electron chi connectivity index (χ4n) is 2.72. The van der Waals surface area contributed by atoms with Crippen LogP contribution in [0.5, 0.6) is 5.75 Å². The normalized spacial score (nSPS) is 12.3. The van der Waals surface area contributed by atoms with Gasteiger partial charge in [-0.05, 0) is 62.1 Å². The van der Waals surface area contributed by atoms with E-state index >= 15 is 0 Å². The first kappa shape index (κ1) is 16.6. The molecule has 0 saturated heterocycles. The summed E-state index contributed by atoms with van der Waals surface area (Å²) in [6.07, 6.45) is 0. The highest BCUT2D eigenvalue weighted by atomic mass is 79.9. The Hall–Kier alpha value is -0.800. The molecular formula is C18H20Br2O. The molecule has 0 aliphatic carbocycles. The van der Waals surface area contributed by atoms with Crippen molar-refractivity contribution in [2.75, 3.05) is 6.61 Å². The quantitative estimate of drug-likeness (QED) is 0.539. The fraction of sp³-hybridized carbons (Fsp3) is 0.333. The summed E-state index contributed by atoms with van der Waals surface area (Å²) in [6, 6.07) is 10.6. The molecule has 0 aliphatic rings. The number of alkyl halides is 1. The van der Waals surface area contributed by atoms with Crippen LogP contribution >= 0.6 is 31.9 Å². The van der Waals surface area contributed by atoms with E-state index in [9.17, 15) is 0 Å². The molecule has 0 amide bonds. The van der Waals surface area contributed by atoms with Crippen molar-refractivity contribution in [2.45, 2.75) is 32.5 Å². The molecular weight excluding hydrogens is 392 g/mol. The third-order valence-electron chi connectivity index (χ3n) is 3.55. The molecule has 2 rings (SSSR count). The van der Waals surface area contributed by atoms with Crippen molar-refractivity contribution in [1.29, 1.82) is 0 Å². The molecule has 0 fully saturated rings. The Balaban J connectivity index is 2.43. The lowest BCUT2D eigenvalue weighted by Gasteiger charge is -2.19. The van der Waals surface area contributed by atoms with Crippen LogP contribution in [0, 0.1) is 20.8 Å². The first-order valence-electron chi connectivity index (χ1n) is 7.08. The molecule has 2 aromatic carbocycles.